The lowest BCUT2D eigenvalue weighted by Crippen LogP contribution is -2.52. The van der Waals surface area contributed by atoms with Crippen molar-refractivity contribution in [1.82, 2.24) is 5.32 Å². The summed E-state index contributed by atoms with van der Waals surface area (Å²) in [4.78, 5) is 47.9. The van der Waals surface area contributed by atoms with Crippen LogP contribution in [0.4, 0.5) is 8.78 Å². The quantitative estimate of drug-likeness (QED) is 0.602. The van der Waals surface area contributed by atoms with Crippen molar-refractivity contribution in [2.75, 3.05) is 13.2 Å². The predicted octanol–water partition coefficient (Wildman–Crippen LogP) is 0.681. The number of nitrogens with two attached hydrogens (primary N) is 1. The number of hydrogen-bond donors (Lipinski definition) is 2. The topological polar surface area (TPSA) is 125 Å². The first kappa shape index (κ1) is 22.0. The second kappa shape index (κ2) is 10.2. The third-order valence-corrected chi connectivity index (χ3v) is 3.46. The van der Waals surface area contributed by atoms with Crippen LogP contribution < -0.4 is 11.1 Å². The van der Waals surface area contributed by atoms with E-state index in [-0.39, 0.29) is 18.8 Å². The van der Waals surface area contributed by atoms with E-state index in [2.05, 4.69) is 5.32 Å². The highest BCUT2D eigenvalue weighted by atomic mass is 19.2. The first-order chi connectivity index (χ1) is 12.7. The first-order valence-corrected chi connectivity index (χ1v) is 8.08. The molecule has 0 aromatic heterocycles. The summed E-state index contributed by atoms with van der Waals surface area (Å²) in [6, 6.07) is 0.698. The summed E-state index contributed by atoms with van der Waals surface area (Å²) in [5, 5.41) is 2.16. The number of amides is 2. The number of carbonyl (C=O) groups excluding carboxylic acids is 4. The number of esters is 2. The Labute approximate surface area is 154 Å². The predicted molar refractivity (Wildman–Crippen MR) is 88.2 cm³/mol. The molecular formula is C17H20F2N2O6. The summed E-state index contributed by atoms with van der Waals surface area (Å²) in [5.74, 6) is -7.74. The number of nitrogens with one attached hydrogen (secondary N) is 1. The van der Waals surface area contributed by atoms with Gasteiger partial charge in [-0.05, 0) is 32.0 Å². The summed E-state index contributed by atoms with van der Waals surface area (Å²) in [7, 11) is 0. The Bertz CT molecular complexity index is 725. The van der Waals surface area contributed by atoms with Crippen molar-refractivity contribution in [2.24, 2.45) is 11.7 Å². The van der Waals surface area contributed by atoms with E-state index in [1.54, 1.807) is 6.92 Å². The Morgan fingerprint density at radius 1 is 1.07 bits per heavy atom. The first-order valence-electron chi connectivity index (χ1n) is 8.08. The van der Waals surface area contributed by atoms with Gasteiger partial charge in [0.05, 0.1) is 25.6 Å². The minimum Gasteiger partial charge on any atom is -0.466 e. The van der Waals surface area contributed by atoms with E-state index in [9.17, 15) is 28.0 Å². The Balaban J connectivity index is 3.09. The molecule has 2 amide bonds. The molecule has 1 aromatic rings. The number of ether oxygens (including phenoxy) is 2. The maximum atomic E-state index is 13.3. The van der Waals surface area contributed by atoms with Gasteiger partial charge in [-0.2, -0.15) is 0 Å². The van der Waals surface area contributed by atoms with Gasteiger partial charge in [-0.1, -0.05) is 0 Å². The standard InChI is InChI=1S/C17H20F2N2O6/c1-3-26-13(22)8-10(17(25)27-4-2)14(15(20)23)21-16(24)9-5-6-11(18)12(19)7-9/h5-7,10,14H,3-4,8H2,1-2H3,(H2,20,23)(H,21,24)/t10-,14-/m1/s1. The number of hydrogen-bond acceptors (Lipinski definition) is 6. The number of carbonyl (C=O) groups is 4. The van der Waals surface area contributed by atoms with Crippen LogP contribution in [0.3, 0.4) is 0 Å². The highest BCUT2D eigenvalue weighted by molar-refractivity contribution is 5.99. The Morgan fingerprint density at radius 2 is 1.70 bits per heavy atom. The molecule has 0 unspecified atom stereocenters. The van der Waals surface area contributed by atoms with E-state index < -0.39 is 53.8 Å². The molecule has 0 saturated heterocycles. The zero-order valence-corrected chi connectivity index (χ0v) is 14.8. The number of benzene rings is 1. The molecule has 0 fully saturated rings. The van der Waals surface area contributed by atoms with Crippen LogP contribution in [0.1, 0.15) is 30.6 Å². The molecule has 0 aliphatic rings. The Kier molecular flexibility index (Phi) is 8.31. The van der Waals surface area contributed by atoms with Gasteiger partial charge in [0.2, 0.25) is 5.91 Å². The van der Waals surface area contributed by atoms with Crippen LogP contribution in [0.15, 0.2) is 18.2 Å². The minimum atomic E-state index is -1.63. The van der Waals surface area contributed by atoms with E-state index in [0.717, 1.165) is 12.1 Å². The lowest BCUT2D eigenvalue weighted by molar-refractivity contribution is -0.156. The van der Waals surface area contributed by atoms with Gasteiger partial charge in [0.1, 0.15) is 6.04 Å². The molecule has 0 aliphatic heterocycles. The normalized spacial score (nSPS) is 12.6. The highest BCUT2D eigenvalue weighted by Gasteiger charge is 2.37. The van der Waals surface area contributed by atoms with Crippen molar-refractivity contribution >= 4 is 23.8 Å². The summed E-state index contributed by atoms with van der Waals surface area (Å²) in [5.41, 5.74) is 4.95. The number of primary amides is 1. The summed E-state index contributed by atoms with van der Waals surface area (Å²) < 4.78 is 35.9. The second-order valence-corrected chi connectivity index (χ2v) is 5.35. The van der Waals surface area contributed by atoms with Gasteiger partial charge in [0.25, 0.3) is 5.91 Å². The summed E-state index contributed by atoms with van der Waals surface area (Å²) in [6.07, 6.45) is -0.571. The smallest absolute Gasteiger partial charge is 0.312 e. The average molecular weight is 386 g/mol. The molecular weight excluding hydrogens is 366 g/mol. The summed E-state index contributed by atoms with van der Waals surface area (Å²) in [6.45, 7) is 3.06. The van der Waals surface area contributed by atoms with Crippen molar-refractivity contribution in [2.45, 2.75) is 26.3 Å². The van der Waals surface area contributed by atoms with Crippen LogP contribution in [-0.4, -0.2) is 43.0 Å². The fourth-order valence-electron chi connectivity index (χ4n) is 2.22. The van der Waals surface area contributed by atoms with Crippen molar-refractivity contribution in [3.8, 4) is 0 Å². The Hall–Kier alpha value is -3.04. The molecule has 1 rings (SSSR count). The van der Waals surface area contributed by atoms with Gasteiger partial charge < -0.3 is 20.5 Å². The lowest BCUT2D eigenvalue weighted by atomic mass is 9.95. The Morgan fingerprint density at radius 3 is 2.22 bits per heavy atom. The molecule has 8 nitrogen and oxygen atoms in total. The zero-order chi connectivity index (χ0) is 20.6. The van der Waals surface area contributed by atoms with Crippen molar-refractivity contribution < 1.29 is 37.4 Å². The fraction of sp³-hybridized carbons (Fsp3) is 0.412. The molecule has 1 aromatic carbocycles. The van der Waals surface area contributed by atoms with Gasteiger partial charge in [-0.3, -0.25) is 19.2 Å². The van der Waals surface area contributed by atoms with E-state index in [1.807, 2.05) is 0 Å². The molecule has 27 heavy (non-hydrogen) atoms. The molecule has 0 aliphatic carbocycles. The van der Waals surface area contributed by atoms with Gasteiger partial charge in [-0.15, -0.1) is 0 Å². The van der Waals surface area contributed by atoms with Crippen LogP contribution in [0, 0.1) is 17.6 Å². The number of halogens is 2. The molecule has 0 heterocycles. The van der Waals surface area contributed by atoms with Crippen LogP contribution in [-0.2, 0) is 23.9 Å². The molecule has 0 saturated carbocycles. The minimum absolute atomic E-state index is 0.0385. The van der Waals surface area contributed by atoms with Crippen LogP contribution in [0.25, 0.3) is 0 Å². The molecule has 0 radical (unpaired) electrons. The fourth-order valence-corrected chi connectivity index (χ4v) is 2.22. The van der Waals surface area contributed by atoms with E-state index >= 15 is 0 Å². The number of rotatable bonds is 9. The van der Waals surface area contributed by atoms with Gasteiger partial charge >= 0.3 is 11.9 Å². The zero-order valence-electron chi connectivity index (χ0n) is 14.8. The van der Waals surface area contributed by atoms with Gasteiger partial charge in [0.15, 0.2) is 11.6 Å². The van der Waals surface area contributed by atoms with Gasteiger partial charge in [0, 0.05) is 5.56 Å². The van der Waals surface area contributed by atoms with E-state index in [4.69, 9.17) is 15.2 Å². The molecule has 10 heteroatoms. The van der Waals surface area contributed by atoms with E-state index in [1.165, 1.54) is 6.92 Å². The largest absolute Gasteiger partial charge is 0.466 e. The molecule has 0 bridgehead atoms. The highest BCUT2D eigenvalue weighted by Crippen LogP contribution is 2.15. The van der Waals surface area contributed by atoms with Crippen molar-refractivity contribution in [3.05, 3.63) is 35.4 Å². The van der Waals surface area contributed by atoms with Crippen LogP contribution in [0.2, 0.25) is 0 Å². The maximum Gasteiger partial charge on any atom is 0.312 e. The SMILES string of the molecule is CCOC(=O)C[C@@H](C(=O)OCC)[C@@H](NC(=O)c1ccc(F)c(F)c1)C(N)=O. The monoisotopic (exact) mass is 386 g/mol. The van der Waals surface area contributed by atoms with Crippen molar-refractivity contribution in [1.29, 1.82) is 0 Å². The molecule has 0 spiro atoms. The maximum absolute atomic E-state index is 13.3. The third-order valence-electron chi connectivity index (χ3n) is 3.46. The molecule has 2 atom stereocenters. The van der Waals surface area contributed by atoms with Gasteiger partial charge in [-0.25, -0.2) is 8.78 Å². The third kappa shape index (κ3) is 6.32. The molecule has 148 valence electrons. The second-order valence-electron chi connectivity index (χ2n) is 5.35. The van der Waals surface area contributed by atoms with Crippen LogP contribution in [0.5, 0.6) is 0 Å². The summed E-state index contributed by atoms with van der Waals surface area (Å²) >= 11 is 0. The average Bonchev–Trinajstić information content (AvgIpc) is 2.60. The van der Waals surface area contributed by atoms with E-state index in [0.29, 0.717) is 6.07 Å². The lowest BCUT2D eigenvalue weighted by Gasteiger charge is -2.23. The molecule has 3 N–H and O–H groups in total. The van der Waals surface area contributed by atoms with Crippen molar-refractivity contribution in [3.63, 3.8) is 0 Å². The van der Waals surface area contributed by atoms with Crippen LogP contribution >= 0.6 is 0 Å².